The number of thioether (sulfide) groups is 1. The van der Waals surface area contributed by atoms with Crippen LogP contribution in [0, 0.1) is 0 Å². The van der Waals surface area contributed by atoms with Crippen LogP contribution in [0.2, 0.25) is 5.02 Å². The Bertz CT molecular complexity index is 491. The van der Waals surface area contributed by atoms with Gasteiger partial charge in [0, 0.05) is 24.2 Å². The van der Waals surface area contributed by atoms with Crippen molar-refractivity contribution in [2.75, 3.05) is 31.6 Å². The molecule has 21 heavy (non-hydrogen) atoms. The van der Waals surface area contributed by atoms with Gasteiger partial charge in [0.05, 0.1) is 17.3 Å². The molecule has 0 aromatic heterocycles. The van der Waals surface area contributed by atoms with Crippen molar-refractivity contribution in [2.45, 2.75) is 18.2 Å². The van der Waals surface area contributed by atoms with E-state index in [4.69, 9.17) is 17.3 Å². The number of nitrogens with two attached hydrogens (primary N) is 1. The van der Waals surface area contributed by atoms with Gasteiger partial charge in [0.25, 0.3) is 0 Å². The highest BCUT2D eigenvalue weighted by Crippen LogP contribution is 2.32. The summed E-state index contributed by atoms with van der Waals surface area (Å²) in [7, 11) is 1.60. The third-order valence-corrected chi connectivity index (χ3v) is 4.28. The number of amides is 2. The minimum absolute atomic E-state index is 0.0530. The molecule has 0 atom stereocenters. The van der Waals surface area contributed by atoms with Crippen molar-refractivity contribution in [3.8, 4) is 0 Å². The Hall–Kier alpha value is -1.40. The second-order valence-electron chi connectivity index (χ2n) is 4.55. The number of carbonyl (C=O) groups excluding carboxylic acids is 2. The molecule has 7 heteroatoms. The lowest BCUT2D eigenvalue weighted by Crippen LogP contribution is -2.39. The van der Waals surface area contributed by atoms with E-state index in [-0.39, 0.29) is 24.1 Å². The van der Waals surface area contributed by atoms with Crippen LogP contribution in [0.5, 0.6) is 0 Å². The summed E-state index contributed by atoms with van der Waals surface area (Å²) in [5.74, 6) is -0.119. The number of nitrogens with zero attached hydrogens (tertiary/aromatic N) is 1. The SMILES string of the molecule is CCCNC(=O)CN(C)C(=O)CSc1c(N)cccc1Cl. The fourth-order valence-corrected chi connectivity index (χ4v) is 2.82. The molecule has 1 aromatic carbocycles. The van der Waals surface area contributed by atoms with Gasteiger partial charge in [-0.1, -0.05) is 24.6 Å². The highest BCUT2D eigenvalue weighted by Gasteiger charge is 2.14. The number of nitrogen functional groups attached to an aromatic ring is 1. The van der Waals surface area contributed by atoms with Crippen molar-refractivity contribution in [2.24, 2.45) is 0 Å². The predicted molar refractivity (Wildman–Crippen MR) is 87.5 cm³/mol. The van der Waals surface area contributed by atoms with E-state index in [1.165, 1.54) is 16.7 Å². The molecule has 1 rings (SSSR count). The Kier molecular flexibility index (Phi) is 7.39. The monoisotopic (exact) mass is 329 g/mol. The van der Waals surface area contributed by atoms with Crippen molar-refractivity contribution >= 4 is 40.9 Å². The van der Waals surface area contributed by atoms with Crippen LogP contribution < -0.4 is 11.1 Å². The van der Waals surface area contributed by atoms with Crippen molar-refractivity contribution in [3.63, 3.8) is 0 Å². The average Bonchev–Trinajstić information content (AvgIpc) is 2.44. The van der Waals surface area contributed by atoms with Gasteiger partial charge < -0.3 is 16.0 Å². The third-order valence-electron chi connectivity index (χ3n) is 2.72. The van der Waals surface area contributed by atoms with Gasteiger partial charge in [0.1, 0.15) is 0 Å². The zero-order valence-electron chi connectivity index (χ0n) is 12.2. The fourth-order valence-electron chi connectivity index (χ4n) is 1.55. The van der Waals surface area contributed by atoms with Crippen LogP contribution >= 0.6 is 23.4 Å². The molecule has 0 saturated carbocycles. The first-order valence-electron chi connectivity index (χ1n) is 6.63. The van der Waals surface area contributed by atoms with Crippen molar-refractivity contribution in [1.29, 1.82) is 0 Å². The molecule has 0 bridgehead atoms. The van der Waals surface area contributed by atoms with Crippen LogP contribution in [0.1, 0.15) is 13.3 Å². The minimum atomic E-state index is -0.157. The molecular formula is C14H20ClN3O2S. The molecule has 0 spiro atoms. The summed E-state index contributed by atoms with van der Waals surface area (Å²) in [4.78, 5) is 25.6. The number of rotatable bonds is 7. The van der Waals surface area contributed by atoms with E-state index in [9.17, 15) is 9.59 Å². The average molecular weight is 330 g/mol. The maximum absolute atomic E-state index is 12.0. The van der Waals surface area contributed by atoms with Crippen LogP contribution in [0.3, 0.4) is 0 Å². The molecule has 1 aromatic rings. The molecule has 3 N–H and O–H groups in total. The van der Waals surface area contributed by atoms with Gasteiger partial charge in [-0.25, -0.2) is 0 Å². The van der Waals surface area contributed by atoms with Crippen LogP contribution in [-0.4, -0.2) is 42.6 Å². The smallest absolute Gasteiger partial charge is 0.239 e. The molecule has 0 saturated heterocycles. The van der Waals surface area contributed by atoms with Gasteiger partial charge >= 0.3 is 0 Å². The zero-order chi connectivity index (χ0) is 15.8. The van der Waals surface area contributed by atoms with Gasteiger partial charge in [-0.2, -0.15) is 0 Å². The number of carbonyl (C=O) groups is 2. The number of anilines is 1. The van der Waals surface area contributed by atoms with E-state index in [1.54, 1.807) is 25.2 Å². The Morgan fingerprint density at radius 3 is 2.76 bits per heavy atom. The number of nitrogens with one attached hydrogen (secondary N) is 1. The lowest BCUT2D eigenvalue weighted by molar-refractivity contribution is -0.132. The van der Waals surface area contributed by atoms with Crippen LogP contribution in [0.15, 0.2) is 23.1 Å². The maximum atomic E-state index is 12.0. The van der Waals surface area contributed by atoms with E-state index >= 15 is 0 Å². The Morgan fingerprint density at radius 2 is 2.14 bits per heavy atom. The molecule has 0 fully saturated rings. The van der Waals surface area contributed by atoms with Crippen LogP contribution in [0.25, 0.3) is 0 Å². The van der Waals surface area contributed by atoms with Crippen LogP contribution in [-0.2, 0) is 9.59 Å². The van der Waals surface area contributed by atoms with E-state index in [0.717, 1.165) is 6.42 Å². The Balaban J connectivity index is 2.48. The molecule has 5 nitrogen and oxygen atoms in total. The second kappa shape index (κ2) is 8.79. The summed E-state index contributed by atoms with van der Waals surface area (Å²) in [5, 5.41) is 3.25. The number of hydrogen-bond acceptors (Lipinski definition) is 4. The Labute approximate surface area is 134 Å². The minimum Gasteiger partial charge on any atom is -0.398 e. The molecule has 116 valence electrons. The number of likely N-dealkylation sites (N-methyl/N-ethyl adjacent to an activating group) is 1. The molecule has 0 aliphatic carbocycles. The summed E-state index contributed by atoms with van der Waals surface area (Å²) in [5.41, 5.74) is 6.37. The second-order valence-corrected chi connectivity index (χ2v) is 5.94. The summed E-state index contributed by atoms with van der Waals surface area (Å²) < 4.78 is 0. The predicted octanol–water partition coefficient (Wildman–Crippen LogP) is 2.00. The van der Waals surface area contributed by atoms with E-state index in [0.29, 0.717) is 22.2 Å². The van der Waals surface area contributed by atoms with Crippen molar-refractivity contribution in [1.82, 2.24) is 10.2 Å². The number of hydrogen-bond donors (Lipinski definition) is 2. The number of benzene rings is 1. The normalized spacial score (nSPS) is 10.2. The van der Waals surface area contributed by atoms with Gasteiger partial charge in [-0.3, -0.25) is 9.59 Å². The lowest BCUT2D eigenvalue weighted by atomic mass is 10.3. The Morgan fingerprint density at radius 1 is 1.43 bits per heavy atom. The highest BCUT2D eigenvalue weighted by atomic mass is 35.5. The zero-order valence-corrected chi connectivity index (χ0v) is 13.8. The van der Waals surface area contributed by atoms with Gasteiger partial charge in [0.15, 0.2) is 0 Å². The molecule has 0 unspecified atom stereocenters. The van der Waals surface area contributed by atoms with Gasteiger partial charge in [0.2, 0.25) is 11.8 Å². The molecule has 2 amide bonds. The van der Waals surface area contributed by atoms with Gasteiger partial charge in [-0.05, 0) is 18.6 Å². The lowest BCUT2D eigenvalue weighted by Gasteiger charge is -2.17. The first kappa shape index (κ1) is 17.7. The van der Waals surface area contributed by atoms with Crippen molar-refractivity contribution < 1.29 is 9.59 Å². The first-order valence-corrected chi connectivity index (χ1v) is 7.99. The van der Waals surface area contributed by atoms with E-state index in [1.807, 2.05) is 6.92 Å². The van der Waals surface area contributed by atoms with Gasteiger partial charge in [-0.15, -0.1) is 11.8 Å². The highest BCUT2D eigenvalue weighted by molar-refractivity contribution is 8.00. The summed E-state index contributed by atoms with van der Waals surface area (Å²) in [6.45, 7) is 2.64. The topological polar surface area (TPSA) is 75.4 Å². The molecule has 0 aliphatic rings. The first-order chi connectivity index (χ1) is 9.95. The fraction of sp³-hybridized carbons (Fsp3) is 0.429. The summed E-state index contributed by atoms with van der Waals surface area (Å²) in [6, 6.07) is 5.22. The molecular weight excluding hydrogens is 310 g/mol. The molecule has 0 aliphatic heterocycles. The quantitative estimate of drug-likeness (QED) is 0.592. The largest absolute Gasteiger partial charge is 0.398 e. The van der Waals surface area contributed by atoms with Crippen molar-refractivity contribution in [3.05, 3.63) is 23.2 Å². The molecule has 0 heterocycles. The molecule has 0 radical (unpaired) electrons. The third kappa shape index (κ3) is 5.85. The van der Waals surface area contributed by atoms with E-state index in [2.05, 4.69) is 5.32 Å². The van der Waals surface area contributed by atoms with E-state index < -0.39 is 0 Å². The van der Waals surface area contributed by atoms with Crippen LogP contribution in [0.4, 0.5) is 5.69 Å². The summed E-state index contributed by atoms with van der Waals surface area (Å²) >= 11 is 7.32. The maximum Gasteiger partial charge on any atom is 0.239 e. The summed E-state index contributed by atoms with van der Waals surface area (Å²) in [6.07, 6.45) is 0.866. The number of halogens is 1. The standard InChI is InChI=1S/C14H20ClN3O2S/c1-3-7-17-12(19)8-18(2)13(20)9-21-14-10(15)5-4-6-11(14)16/h4-6H,3,7-9,16H2,1-2H3,(H,17,19).